The number of rotatable bonds is 1. The zero-order chi connectivity index (χ0) is 15.3. The third-order valence-electron chi connectivity index (χ3n) is 4.14. The number of nitrogens with zero attached hydrogens (tertiary/aromatic N) is 1. The summed E-state index contributed by atoms with van der Waals surface area (Å²) in [7, 11) is 0. The summed E-state index contributed by atoms with van der Waals surface area (Å²) >= 11 is 6.10. The van der Waals surface area contributed by atoms with E-state index in [9.17, 15) is 5.11 Å². The van der Waals surface area contributed by atoms with Crippen molar-refractivity contribution < 1.29 is 5.11 Å². The van der Waals surface area contributed by atoms with Gasteiger partial charge in [0.1, 0.15) is 5.84 Å². The Labute approximate surface area is 132 Å². The van der Waals surface area contributed by atoms with E-state index in [0.29, 0.717) is 21.8 Å². The minimum Gasteiger partial charge on any atom is -0.384 e. The van der Waals surface area contributed by atoms with E-state index in [2.05, 4.69) is 4.99 Å². The molecule has 1 aliphatic heterocycles. The molecule has 3 aromatic rings. The van der Waals surface area contributed by atoms with Gasteiger partial charge in [-0.05, 0) is 29.0 Å². The molecule has 108 valence electrons. The summed E-state index contributed by atoms with van der Waals surface area (Å²) in [6, 6.07) is 18.9. The minimum absolute atomic E-state index is 0.168. The van der Waals surface area contributed by atoms with Crippen molar-refractivity contribution in [1.82, 2.24) is 0 Å². The molecule has 0 fully saturated rings. The maximum Gasteiger partial charge on any atom is 0.175 e. The van der Waals surface area contributed by atoms with E-state index < -0.39 is 5.60 Å². The van der Waals surface area contributed by atoms with Crippen molar-refractivity contribution in [2.75, 3.05) is 0 Å². The molecule has 3 aromatic carbocycles. The monoisotopic (exact) mass is 308 g/mol. The molecule has 1 atom stereocenters. The minimum atomic E-state index is -1.46. The molecule has 0 aromatic heterocycles. The van der Waals surface area contributed by atoms with Gasteiger partial charge in [-0.1, -0.05) is 54.1 Å². The number of benzene rings is 3. The van der Waals surface area contributed by atoms with Gasteiger partial charge < -0.3 is 10.8 Å². The Morgan fingerprint density at radius 2 is 1.73 bits per heavy atom. The van der Waals surface area contributed by atoms with Crippen LogP contribution in [0.5, 0.6) is 0 Å². The van der Waals surface area contributed by atoms with Gasteiger partial charge in [-0.15, -0.1) is 0 Å². The largest absolute Gasteiger partial charge is 0.384 e. The molecule has 0 aliphatic carbocycles. The Kier molecular flexibility index (Phi) is 2.76. The van der Waals surface area contributed by atoms with Crippen LogP contribution in [0, 0.1) is 0 Å². The van der Waals surface area contributed by atoms with Gasteiger partial charge in [0.05, 0.1) is 5.69 Å². The second kappa shape index (κ2) is 4.57. The quantitative estimate of drug-likeness (QED) is 0.719. The van der Waals surface area contributed by atoms with E-state index in [1.165, 1.54) is 0 Å². The van der Waals surface area contributed by atoms with Crippen molar-refractivity contribution in [2.24, 2.45) is 10.7 Å². The Balaban J connectivity index is 2.07. The number of halogens is 1. The van der Waals surface area contributed by atoms with Gasteiger partial charge >= 0.3 is 0 Å². The molecule has 4 heteroatoms. The van der Waals surface area contributed by atoms with E-state index in [1.54, 1.807) is 18.2 Å². The fourth-order valence-corrected chi connectivity index (χ4v) is 3.24. The third kappa shape index (κ3) is 1.70. The molecular formula is C18H13ClN2O. The molecule has 0 bridgehead atoms. The summed E-state index contributed by atoms with van der Waals surface area (Å²) in [5.74, 6) is 0.168. The highest BCUT2D eigenvalue weighted by Crippen LogP contribution is 2.44. The molecule has 0 amide bonds. The summed E-state index contributed by atoms with van der Waals surface area (Å²) in [4.78, 5) is 4.32. The Morgan fingerprint density at radius 1 is 0.955 bits per heavy atom. The van der Waals surface area contributed by atoms with E-state index in [1.807, 2.05) is 42.5 Å². The average molecular weight is 309 g/mol. The maximum atomic E-state index is 11.4. The normalized spacial score (nSPS) is 20.0. The lowest BCUT2D eigenvalue weighted by molar-refractivity contribution is 0.160. The molecule has 1 aliphatic rings. The topological polar surface area (TPSA) is 58.6 Å². The summed E-state index contributed by atoms with van der Waals surface area (Å²) in [5.41, 5.74) is 6.62. The van der Waals surface area contributed by atoms with Crippen molar-refractivity contribution >= 4 is 33.9 Å². The van der Waals surface area contributed by atoms with E-state index >= 15 is 0 Å². The number of amidine groups is 1. The summed E-state index contributed by atoms with van der Waals surface area (Å²) in [6.07, 6.45) is 0. The van der Waals surface area contributed by atoms with E-state index in [4.69, 9.17) is 17.3 Å². The molecule has 3 N–H and O–H groups in total. The molecule has 1 unspecified atom stereocenters. The molecule has 0 saturated carbocycles. The predicted octanol–water partition coefficient (Wildman–Crippen LogP) is 3.73. The molecule has 0 radical (unpaired) electrons. The fourth-order valence-electron chi connectivity index (χ4n) is 3.07. The lowest BCUT2D eigenvalue weighted by Crippen LogP contribution is -2.39. The van der Waals surface area contributed by atoms with Crippen molar-refractivity contribution in [3.63, 3.8) is 0 Å². The first kappa shape index (κ1) is 13.3. The SMILES string of the molecule is NC1=Nc2ccc(Cl)cc2C1(O)c1cccc2ccccc12. The zero-order valence-electron chi connectivity index (χ0n) is 11.6. The van der Waals surface area contributed by atoms with Crippen LogP contribution in [0.1, 0.15) is 11.1 Å². The van der Waals surface area contributed by atoms with Gasteiger partial charge in [0.15, 0.2) is 5.60 Å². The van der Waals surface area contributed by atoms with Crippen molar-refractivity contribution in [3.05, 3.63) is 76.8 Å². The van der Waals surface area contributed by atoms with Crippen molar-refractivity contribution in [3.8, 4) is 0 Å². The van der Waals surface area contributed by atoms with Gasteiger partial charge in [-0.3, -0.25) is 0 Å². The lowest BCUT2D eigenvalue weighted by Gasteiger charge is -2.26. The van der Waals surface area contributed by atoms with Crippen LogP contribution >= 0.6 is 11.6 Å². The van der Waals surface area contributed by atoms with Crippen molar-refractivity contribution in [2.45, 2.75) is 5.60 Å². The Morgan fingerprint density at radius 3 is 2.59 bits per heavy atom. The summed E-state index contributed by atoms with van der Waals surface area (Å²) in [5, 5.41) is 13.9. The van der Waals surface area contributed by atoms with Crippen molar-refractivity contribution in [1.29, 1.82) is 0 Å². The number of hydrogen-bond acceptors (Lipinski definition) is 3. The number of nitrogens with two attached hydrogens (primary N) is 1. The highest BCUT2D eigenvalue weighted by atomic mass is 35.5. The van der Waals surface area contributed by atoms with E-state index in [-0.39, 0.29) is 5.84 Å². The first-order chi connectivity index (χ1) is 10.6. The molecule has 1 heterocycles. The summed E-state index contributed by atoms with van der Waals surface area (Å²) < 4.78 is 0. The van der Waals surface area contributed by atoms with Gasteiger partial charge in [-0.25, -0.2) is 4.99 Å². The standard InChI is InChI=1S/C18H13ClN2O/c19-12-8-9-16-15(10-12)18(22,17(20)21-16)14-7-3-5-11-4-1-2-6-13(11)14/h1-10,22H,(H2,20,21). The van der Waals surface area contributed by atoms with Crippen LogP contribution < -0.4 is 5.73 Å². The van der Waals surface area contributed by atoms with Crippen LogP contribution in [0.25, 0.3) is 10.8 Å². The highest BCUT2D eigenvalue weighted by Gasteiger charge is 2.43. The second-order valence-electron chi connectivity index (χ2n) is 5.40. The fraction of sp³-hybridized carbons (Fsp3) is 0.0556. The van der Waals surface area contributed by atoms with Gasteiger partial charge in [-0.2, -0.15) is 0 Å². The third-order valence-corrected chi connectivity index (χ3v) is 4.37. The highest BCUT2D eigenvalue weighted by molar-refractivity contribution is 6.30. The van der Waals surface area contributed by atoms with Crippen LogP contribution in [0.4, 0.5) is 5.69 Å². The molecular weight excluding hydrogens is 296 g/mol. The van der Waals surface area contributed by atoms with Crippen LogP contribution in [0.15, 0.2) is 65.7 Å². The van der Waals surface area contributed by atoms with Crippen LogP contribution in [0.2, 0.25) is 5.02 Å². The van der Waals surface area contributed by atoms with Crippen LogP contribution in [0.3, 0.4) is 0 Å². The number of aliphatic hydroxyl groups is 1. The number of hydrogen-bond donors (Lipinski definition) is 2. The zero-order valence-corrected chi connectivity index (χ0v) is 12.4. The Hall–Kier alpha value is -2.36. The number of aliphatic imine (C=N–C) groups is 1. The van der Waals surface area contributed by atoms with Gasteiger partial charge in [0.2, 0.25) is 0 Å². The first-order valence-electron chi connectivity index (χ1n) is 6.96. The number of fused-ring (bicyclic) bond motifs is 2. The molecule has 22 heavy (non-hydrogen) atoms. The first-order valence-corrected chi connectivity index (χ1v) is 7.34. The molecule has 3 nitrogen and oxygen atoms in total. The van der Waals surface area contributed by atoms with Gasteiger partial charge in [0, 0.05) is 16.1 Å². The molecule has 0 spiro atoms. The summed E-state index contributed by atoms with van der Waals surface area (Å²) in [6.45, 7) is 0. The smallest absolute Gasteiger partial charge is 0.175 e. The maximum absolute atomic E-state index is 11.4. The Bertz CT molecular complexity index is 930. The van der Waals surface area contributed by atoms with Crippen LogP contribution in [-0.2, 0) is 5.60 Å². The molecule has 4 rings (SSSR count). The predicted molar refractivity (Wildman–Crippen MR) is 89.7 cm³/mol. The lowest BCUT2D eigenvalue weighted by atomic mass is 9.83. The molecule has 0 saturated heterocycles. The second-order valence-corrected chi connectivity index (χ2v) is 5.83. The average Bonchev–Trinajstić information content (AvgIpc) is 2.79. The van der Waals surface area contributed by atoms with E-state index in [0.717, 1.165) is 10.8 Å². The van der Waals surface area contributed by atoms with Gasteiger partial charge in [0.25, 0.3) is 0 Å². The van der Waals surface area contributed by atoms with Crippen LogP contribution in [-0.4, -0.2) is 10.9 Å².